The van der Waals surface area contributed by atoms with Gasteiger partial charge in [0.2, 0.25) is 0 Å². The van der Waals surface area contributed by atoms with Crippen LogP contribution < -0.4 is 0 Å². The van der Waals surface area contributed by atoms with E-state index in [4.69, 9.17) is 4.74 Å². The summed E-state index contributed by atoms with van der Waals surface area (Å²) < 4.78 is 6.29. The van der Waals surface area contributed by atoms with Crippen LogP contribution >= 0.6 is 0 Å². The van der Waals surface area contributed by atoms with Crippen molar-refractivity contribution in [2.75, 3.05) is 6.61 Å². The average Bonchev–Trinajstić information content (AvgIpc) is 2.44. The summed E-state index contributed by atoms with van der Waals surface area (Å²) in [6, 6.07) is 0. The van der Waals surface area contributed by atoms with Gasteiger partial charge in [0.25, 0.3) is 0 Å². The van der Waals surface area contributed by atoms with Crippen LogP contribution in [-0.4, -0.2) is 21.6 Å². The third-order valence-electron chi connectivity index (χ3n) is 3.00. The molecule has 1 N–H and O–H groups in total. The standard InChI is InChI=1S/C14H20O3.W/c1-3-17-14(16)10-13-7-5-4-6-12(9-13)8-11(2)15;/h8,13,15H,2-7,10H2,1H3;/b12-8-;. The number of hydrogen-bond donors (Lipinski definition) is 1. The molecule has 0 aromatic carbocycles. The molecule has 1 saturated carbocycles. The molecule has 0 aliphatic heterocycles. The van der Waals surface area contributed by atoms with Gasteiger partial charge in [0.1, 0.15) is 0 Å². The summed E-state index contributed by atoms with van der Waals surface area (Å²) in [7, 11) is 0. The van der Waals surface area contributed by atoms with E-state index in [0.29, 0.717) is 13.0 Å². The van der Waals surface area contributed by atoms with Gasteiger partial charge < -0.3 is 0 Å². The van der Waals surface area contributed by atoms with E-state index in [2.05, 4.69) is 6.58 Å². The monoisotopic (exact) mass is 420 g/mol. The van der Waals surface area contributed by atoms with Gasteiger partial charge in [-0.1, -0.05) is 0 Å². The molecular weight excluding hydrogens is 400 g/mol. The minimum absolute atomic E-state index is 0.0977. The van der Waals surface area contributed by atoms with Crippen LogP contribution in [-0.2, 0) is 28.9 Å². The summed E-state index contributed by atoms with van der Waals surface area (Å²) in [6.45, 7) is 5.78. The van der Waals surface area contributed by atoms with Crippen LogP contribution in [0.4, 0.5) is 0 Å². The molecule has 0 bridgehead atoms. The first-order valence-electron chi connectivity index (χ1n) is 6.32. The molecule has 3 nitrogen and oxygen atoms in total. The van der Waals surface area contributed by atoms with E-state index in [9.17, 15) is 9.90 Å². The Morgan fingerprint density at radius 3 is 2.94 bits per heavy atom. The van der Waals surface area contributed by atoms with Gasteiger partial charge in [-0.15, -0.1) is 0 Å². The summed E-state index contributed by atoms with van der Waals surface area (Å²) in [5, 5.41) is 9.30. The van der Waals surface area contributed by atoms with Crippen molar-refractivity contribution in [1.29, 1.82) is 0 Å². The van der Waals surface area contributed by atoms with Crippen molar-refractivity contribution in [3.8, 4) is 0 Å². The van der Waals surface area contributed by atoms with Crippen LogP contribution in [0.2, 0.25) is 0 Å². The molecule has 0 radical (unpaired) electrons. The number of aliphatic hydroxyl groups is 1. The van der Waals surface area contributed by atoms with Gasteiger partial charge in [-0.2, -0.15) is 0 Å². The number of hydrogen-bond acceptors (Lipinski definition) is 3. The van der Waals surface area contributed by atoms with Crippen LogP contribution in [0.3, 0.4) is 0 Å². The van der Waals surface area contributed by atoms with Crippen molar-refractivity contribution in [2.45, 2.75) is 39.0 Å². The number of rotatable bonds is 4. The Bertz CT molecular complexity index is 371. The Balaban J connectivity index is 2.75. The number of esters is 1. The second kappa shape index (κ2) is 7.68. The van der Waals surface area contributed by atoms with Gasteiger partial charge in [0.15, 0.2) is 0 Å². The molecule has 18 heavy (non-hydrogen) atoms. The van der Waals surface area contributed by atoms with Crippen molar-refractivity contribution in [1.82, 2.24) is 0 Å². The number of ether oxygens (including phenoxy) is 1. The van der Waals surface area contributed by atoms with E-state index < -0.39 is 0 Å². The Kier molecular flexibility index (Phi) is 6.56. The van der Waals surface area contributed by atoms with Crippen molar-refractivity contribution < 1.29 is 34.0 Å². The predicted octanol–water partition coefficient (Wildman–Crippen LogP) is 2.85. The van der Waals surface area contributed by atoms with E-state index in [1.54, 1.807) is 6.08 Å². The van der Waals surface area contributed by atoms with Crippen molar-refractivity contribution in [3.63, 3.8) is 0 Å². The molecule has 0 heterocycles. The predicted molar refractivity (Wildman–Crippen MR) is 68.1 cm³/mol. The van der Waals surface area contributed by atoms with E-state index in [0.717, 1.165) is 31.3 Å². The molecule has 1 aliphatic carbocycles. The third kappa shape index (κ3) is 4.89. The van der Waals surface area contributed by atoms with Crippen molar-refractivity contribution in [2.24, 2.45) is 5.92 Å². The first-order valence-corrected chi connectivity index (χ1v) is 7.79. The third-order valence-corrected chi connectivity index (χ3v) is 5.13. The molecule has 1 fully saturated rings. The second-order valence-electron chi connectivity index (χ2n) is 4.48. The average molecular weight is 420 g/mol. The number of allylic oxidation sites excluding steroid dienone is 2. The Hall–Kier alpha value is -0.692. The summed E-state index contributed by atoms with van der Waals surface area (Å²) in [4.78, 5) is 11.6. The Morgan fingerprint density at radius 2 is 2.33 bits per heavy atom. The van der Waals surface area contributed by atoms with E-state index >= 15 is 0 Å². The van der Waals surface area contributed by atoms with Crippen LogP contribution in [0.5, 0.6) is 0 Å². The molecule has 0 aromatic rings. The van der Waals surface area contributed by atoms with Gasteiger partial charge in [0.05, 0.1) is 0 Å². The van der Waals surface area contributed by atoms with Crippen LogP contribution in [0.15, 0.2) is 24.0 Å². The zero-order valence-electron chi connectivity index (χ0n) is 10.8. The fraction of sp³-hybridized carbons (Fsp3) is 0.571. The van der Waals surface area contributed by atoms with E-state index in [-0.39, 0.29) is 17.6 Å². The van der Waals surface area contributed by atoms with E-state index in [1.807, 2.05) is 6.92 Å². The van der Waals surface area contributed by atoms with Crippen LogP contribution in [0.1, 0.15) is 39.0 Å². The molecule has 1 unspecified atom stereocenters. The molecule has 1 aliphatic rings. The molecule has 0 aromatic heterocycles. The van der Waals surface area contributed by atoms with Crippen molar-refractivity contribution in [3.05, 3.63) is 24.0 Å². The van der Waals surface area contributed by atoms with Gasteiger partial charge in [-0.25, -0.2) is 0 Å². The quantitative estimate of drug-likeness (QED) is 0.433. The summed E-state index contributed by atoms with van der Waals surface area (Å²) in [6.07, 6.45) is 6.43. The van der Waals surface area contributed by atoms with Crippen LogP contribution in [0.25, 0.3) is 0 Å². The molecule has 100 valence electrons. The van der Waals surface area contributed by atoms with Crippen molar-refractivity contribution >= 4 is 9.87 Å². The molecule has 0 spiro atoms. The van der Waals surface area contributed by atoms with Gasteiger partial charge in [0, 0.05) is 0 Å². The maximum atomic E-state index is 11.6. The fourth-order valence-corrected chi connectivity index (χ4v) is 3.48. The first kappa shape index (κ1) is 15.4. The van der Waals surface area contributed by atoms with Crippen LogP contribution in [0, 0.1) is 5.92 Å². The zero-order valence-corrected chi connectivity index (χ0v) is 13.7. The molecular formula is C14H20O3W. The summed E-state index contributed by atoms with van der Waals surface area (Å²) in [5.74, 6) is 0.248. The number of carbonyl (C=O) groups excluding carboxylic acids is 1. The fourth-order valence-electron chi connectivity index (χ4n) is 2.18. The number of aliphatic hydroxyl groups excluding tert-OH is 1. The normalized spacial score (nSPS) is 22.6. The zero-order chi connectivity index (χ0) is 13.5. The maximum absolute atomic E-state index is 11.6. The van der Waals surface area contributed by atoms with E-state index in [1.165, 1.54) is 23.3 Å². The number of carbonyl (C=O) groups is 1. The summed E-state index contributed by atoms with van der Waals surface area (Å²) >= 11 is 1.37. The molecule has 0 amide bonds. The van der Waals surface area contributed by atoms with Gasteiger partial charge >= 0.3 is 119 Å². The topological polar surface area (TPSA) is 46.5 Å². The van der Waals surface area contributed by atoms with Gasteiger partial charge in [-0.05, 0) is 0 Å². The SMILES string of the molecule is C=C(O)/C=C1/CCCCC(CC(=O)OCC)[C]1=[W]. The molecule has 1 atom stereocenters. The molecule has 1 rings (SSSR count). The summed E-state index contributed by atoms with van der Waals surface area (Å²) in [5.41, 5.74) is 1.16. The Morgan fingerprint density at radius 1 is 1.61 bits per heavy atom. The first-order chi connectivity index (χ1) is 8.54. The van der Waals surface area contributed by atoms with Gasteiger partial charge in [-0.3, -0.25) is 0 Å². The molecule has 0 saturated heterocycles. The molecule has 4 heteroatoms. The minimum atomic E-state index is -0.120. The Labute approximate surface area is 119 Å². The second-order valence-corrected chi connectivity index (χ2v) is 6.06.